The lowest BCUT2D eigenvalue weighted by atomic mass is 10.1. The molecule has 9 heteroatoms. The highest BCUT2D eigenvalue weighted by molar-refractivity contribution is 7.89. The Morgan fingerprint density at radius 3 is 2.50 bits per heavy atom. The fraction of sp³-hybridized carbons (Fsp3) is 0.600. The lowest BCUT2D eigenvalue weighted by Crippen LogP contribution is -2.42. The highest BCUT2D eigenvalue weighted by Gasteiger charge is 2.36. The Morgan fingerprint density at radius 2 is 2.00 bits per heavy atom. The normalized spacial score (nSPS) is 18.7. The van der Waals surface area contributed by atoms with Crippen molar-refractivity contribution in [2.24, 2.45) is 0 Å². The summed E-state index contributed by atoms with van der Waals surface area (Å²) in [6, 6.07) is 3.00. The quantitative estimate of drug-likeness (QED) is 0.845. The summed E-state index contributed by atoms with van der Waals surface area (Å²) >= 11 is 0. The van der Waals surface area contributed by atoms with Crippen LogP contribution in [-0.4, -0.2) is 38.4 Å². The van der Waals surface area contributed by atoms with Gasteiger partial charge in [-0.1, -0.05) is 13.0 Å². The van der Waals surface area contributed by atoms with Crippen LogP contribution in [0.25, 0.3) is 0 Å². The summed E-state index contributed by atoms with van der Waals surface area (Å²) in [4.78, 5) is -0.296. The number of hydrogen-bond donors (Lipinski definition) is 1. The molecule has 0 aliphatic carbocycles. The van der Waals surface area contributed by atoms with Crippen molar-refractivity contribution < 1.29 is 21.6 Å². The molecular formula is C15H22ClF3N2O2S. The van der Waals surface area contributed by atoms with E-state index in [1.165, 1.54) is 23.4 Å². The number of hydrogen-bond acceptors (Lipinski definition) is 3. The number of sulfonamides is 1. The second-order valence-electron chi connectivity index (χ2n) is 5.74. The fourth-order valence-electron chi connectivity index (χ4n) is 2.81. The highest BCUT2D eigenvalue weighted by Crippen LogP contribution is 2.34. The first kappa shape index (κ1) is 21.2. The van der Waals surface area contributed by atoms with E-state index in [-0.39, 0.29) is 28.9 Å². The minimum Gasteiger partial charge on any atom is -0.315 e. The standard InChI is InChI=1S/C15H21F3N2O2S.ClH/c1-3-8-20(12-6-7-19-10-12)23(21,22)13-5-4-11(2)14(9-13)15(16,17)18;/h4-5,9,12,19H,3,6-8,10H2,1-2H3;1H. The first-order chi connectivity index (χ1) is 10.7. The minimum atomic E-state index is -4.57. The van der Waals surface area contributed by atoms with Crippen LogP contribution in [0, 0.1) is 6.92 Å². The number of rotatable bonds is 5. The molecule has 1 heterocycles. The molecule has 0 aromatic heterocycles. The van der Waals surface area contributed by atoms with Gasteiger partial charge in [0.15, 0.2) is 0 Å². The Hall–Kier alpha value is -0.830. The number of nitrogens with one attached hydrogen (secondary N) is 1. The Bertz CT molecular complexity index is 659. The van der Waals surface area contributed by atoms with Gasteiger partial charge in [-0.25, -0.2) is 8.42 Å². The first-order valence-corrected chi connectivity index (χ1v) is 9.02. The van der Waals surface area contributed by atoms with Gasteiger partial charge in [0.2, 0.25) is 10.0 Å². The molecule has 0 bridgehead atoms. The van der Waals surface area contributed by atoms with Crippen molar-refractivity contribution in [1.82, 2.24) is 9.62 Å². The highest BCUT2D eigenvalue weighted by atomic mass is 35.5. The molecule has 1 aliphatic rings. The van der Waals surface area contributed by atoms with Gasteiger partial charge in [0, 0.05) is 19.1 Å². The Kier molecular flexibility index (Phi) is 7.10. The third kappa shape index (κ3) is 4.41. The molecule has 1 saturated heterocycles. The summed E-state index contributed by atoms with van der Waals surface area (Å²) in [5.74, 6) is 0. The van der Waals surface area contributed by atoms with Gasteiger partial charge < -0.3 is 5.32 Å². The van der Waals surface area contributed by atoms with Gasteiger partial charge in [0.25, 0.3) is 0 Å². The zero-order chi connectivity index (χ0) is 17.3. The molecule has 1 aliphatic heterocycles. The van der Waals surface area contributed by atoms with Crippen molar-refractivity contribution >= 4 is 22.4 Å². The van der Waals surface area contributed by atoms with Gasteiger partial charge in [0.1, 0.15) is 0 Å². The maximum absolute atomic E-state index is 13.0. The number of benzene rings is 1. The zero-order valence-corrected chi connectivity index (χ0v) is 15.2. The third-order valence-electron chi connectivity index (χ3n) is 4.01. The summed E-state index contributed by atoms with van der Waals surface area (Å²) < 4.78 is 66.1. The van der Waals surface area contributed by atoms with Gasteiger partial charge in [-0.2, -0.15) is 17.5 Å². The maximum atomic E-state index is 13.0. The van der Waals surface area contributed by atoms with E-state index >= 15 is 0 Å². The monoisotopic (exact) mass is 386 g/mol. The van der Waals surface area contributed by atoms with Crippen molar-refractivity contribution in [3.05, 3.63) is 29.3 Å². The minimum absolute atomic E-state index is 0. The van der Waals surface area contributed by atoms with Gasteiger partial charge in [-0.15, -0.1) is 12.4 Å². The second-order valence-corrected chi connectivity index (χ2v) is 7.63. The van der Waals surface area contributed by atoms with Crippen molar-refractivity contribution in [2.45, 2.75) is 43.8 Å². The molecule has 138 valence electrons. The van der Waals surface area contributed by atoms with E-state index in [1.807, 2.05) is 6.92 Å². The molecular weight excluding hydrogens is 365 g/mol. The van der Waals surface area contributed by atoms with Crippen molar-refractivity contribution in [1.29, 1.82) is 0 Å². The van der Waals surface area contributed by atoms with E-state index in [4.69, 9.17) is 0 Å². The van der Waals surface area contributed by atoms with E-state index in [1.54, 1.807) is 0 Å². The van der Waals surface area contributed by atoms with Crippen molar-refractivity contribution in [2.75, 3.05) is 19.6 Å². The van der Waals surface area contributed by atoms with Gasteiger partial charge in [0.05, 0.1) is 10.5 Å². The van der Waals surface area contributed by atoms with E-state index in [9.17, 15) is 21.6 Å². The molecule has 0 spiro atoms. The van der Waals surface area contributed by atoms with Crippen LogP contribution in [0.3, 0.4) is 0 Å². The van der Waals surface area contributed by atoms with Crippen molar-refractivity contribution in [3.8, 4) is 0 Å². The Balaban J connectivity index is 0.00000288. The largest absolute Gasteiger partial charge is 0.416 e. The molecule has 2 rings (SSSR count). The Labute approximate surface area is 146 Å². The van der Waals surface area contributed by atoms with Gasteiger partial charge in [-0.05, 0) is 44.0 Å². The summed E-state index contributed by atoms with van der Waals surface area (Å²) in [6.07, 6.45) is -3.30. The van der Waals surface area contributed by atoms with E-state index in [2.05, 4.69) is 5.32 Å². The zero-order valence-electron chi connectivity index (χ0n) is 13.6. The van der Waals surface area contributed by atoms with E-state index in [0.717, 1.165) is 6.07 Å². The van der Waals surface area contributed by atoms with Crippen LogP contribution in [0.2, 0.25) is 0 Å². The van der Waals surface area contributed by atoms with Crippen LogP contribution in [0.4, 0.5) is 13.2 Å². The average molecular weight is 387 g/mol. The predicted octanol–water partition coefficient (Wildman–Crippen LogP) is 3.20. The van der Waals surface area contributed by atoms with Crippen LogP contribution in [-0.2, 0) is 16.2 Å². The van der Waals surface area contributed by atoms with Gasteiger partial charge in [-0.3, -0.25) is 0 Å². The lowest BCUT2D eigenvalue weighted by molar-refractivity contribution is -0.138. The molecule has 1 aromatic carbocycles. The molecule has 0 radical (unpaired) electrons. The molecule has 4 nitrogen and oxygen atoms in total. The number of halogens is 4. The predicted molar refractivity (Wildman–Crippen MR) is 88.9 cm³/mol. The van der Waals surface area contributed by atoms with Crippen LogP contribution in [0.5, 0.6) is 0 Å². The summed E-state index contributed by atoms with van der Waals surface area (Å²) in [5.41, 5.74) is -0.888. The SMILES string of the molecule is CCCN(C1CCNC1)S(=O)(=O)c1ccc(C)c(C(F)(F)F)c1.Cl. The molecule has 1 unspecified atom stereocenters. The topological polar surface area (TPSA) is 49.4 Å². The number of nitrogens with zero attached hydrogens (tertiary/aromatic N) is 1. The molecule has 1 atom stereocenters. The van der Waals surface area contributed by atoms with Crippen LogP contribution in [0.1, 0.15) is 30.9 Å². The van der Waals surface area contributed by atoms with Crippen LogP contribution < -0.4 is 5.32 Å². The maximum Gasteiger partial charge on any atom is 0.416 e. The molecule has 0 saturated carbocycles. The van der Waals surface area contributed by atoms with Crippen molar-refractivity contribution in [3.63, 3.8) is 0 Å². The second kappa shape index (κ2) is 8.03. The molecule has 1 aromatic rings. The lowest BCUT2D eigenvalue weighted by Gasteiger charge is -2.27. The fourth-order valence-corrected chi connectivity index (χ4v) is 4.58. The first-order valence-electron chi connectivity index (χ1n) is 7.58. The molecule has 1 N–H and O–H groups in total. The Morgan fingerprint density at radius 1 is 1.33 bits per heavy atom. The summed E-state index contributed by atoms with van der Waals surface area (Å²) in [5, 5.41) is 3.09. The summed E-state index contributed by atoms with van der Waals surface area (Å²) in [7, 11) is -3.95. The van der Waals surface area contributed by atoms with Crippen LogP contribution in [0.15, 0.2) is 23.1 Å². The summed E-state index contributed by atoms with van der Waals surface area (Å²) in [6.45, 7) is 4.70. The van der Waals surface area contributed by atoms with Crippen LogP contribution >= 0.6 is 12.4 Å². The molecule has 1 fully saturated rings. The third-order valence-corrected chi connectivity index (χ3v) is 5.95. The van der Waals surface area contributed by atoms with E-state index < -0.39 is 21.8 Å². The average Bonchev–Trinajstić information content (AvgIpc) is 2.97. The molecule has 0 amide bonds. The smallest absolute Gasteiger partial charge is 0.315 e. The molecule has 24 heavy (non-hydrogen) atoms. The number of alkyl halides is 3. The van der Waals surface area contributed by atoms with Gasteiger partial charge >= 0.3 is 6.18 Å². The number of aryl methyl sites for hydroxylation is 1. The van der Waals surface area contributed by atoms with E-state index in [0.29, 0.717) is 32.5 Å².